The molecular weight excluding hydrogens is 1870 g/mol. The number of hydrogen-bond acceptors (Lipinski definition) is 9. The first-order chi connectivity index (χ1) is 62.1. The molecule has 606 valence electrons. The van der Waals surface area contributed by atoms with Crippen LogP contribution in [0.15, 0.2) is 334 Å². The van der Waals surface area contributed by atoms with Gasteiger partial charge >= 0.3 is 15.6 Å². The van der Waals surface area contributed by atoms with Gasteiger partial charge in [0.2, 0.25) is 0 Å². The Morgan fingerprint density at radius 2 is 0.617 bits per heavy atom. The molecule has 0 saturated carbocycles. The van der Waals surface area contributed by atoms with Crippen molar-refractivity contribution in [2.75, 3.05) is 14.2 Å². The Bertz CT molecular complexity index is 6230. The number of aryl methyl sites for hydroxylation is 6. The smallest absolute Gasteiger partial charge is 0.400 e. The van der Waals surface area contributed by atoms with E-state index in [1.807, 2.05) is 80.8 Å². The van der Waals surface area contributed by atoms with E-state index in [-0.39, 0.29) is 56.9 Å². The van der Waals surface area contributed by atoms with Crippen molar-refractivity contribution in [2.45, 2.75) is 70.4 Å². The molecule has 0 atom stereocenters. The van der Waals surface area contributed by atoms with Gasteiger partial charge < -0.3 is 30.1 Å². The third-order valence-corrected chi connectivity index (χ3v) is 20.9. The number of pyridine rings is 5. The maximum absolute atomic E-state index is 10.7. The molecule has 16 aromatic rings. The van der Waals surface area contributed by atoms with Gasteiger partial charge in [-0.25, -0.2) is 0 Å². The minimum atomic E-state index is -5.84. The minimum Gasteiger partial charge on any atom is -0.400 e. The average Bonchev–Trinajstić information content (AvgIpc) is 0.706. The Hall–Kier alpha value is -11.9. The van der Waals surface area contributed by atoms with Crippen LogP contribution in [0, 0.1) is 65.5 Å². The van der Waals surface area contributed by atoms with Crippen LogP contribution in [0.25, 0.3) is 78.5 Å². The van der Waals surface area contributed by atoms with Gasteiger partial charge in [-0.05, 0) is 179 Å². The maximum atomic E-state index is 10.7. The molecule has 5 aromatic heterocycles. The third kappa shape index (κ3) is 20.5. The summed E-state index contributed by atoms with van der Waals surface area (Å²) in [5.41, 5.74) is 28.5. The van der Waals surface area contributed by atoms with Gasteiger partial charge in [-0.15, -0.1) is 142 Å². The third-order valence-electron chi connectivity index (χ3n) is 20.3. The van der Waals surface area contributed by atoms with Crippen molar-refractivity contribution < 1.29 is 93.0 Å². The minimum absolute atomic E-state index is 0. The first-order valence-corrected chi connectivity index (χ1v) is 39.0. The Labute approximate surface area is 745 Å². The molecule has 0 amide bonds. The fourth-order valence-electron chi connectivity index (χ4n) is 14.9. The summed E-state index contributed by atoms with van der Waals surface area (Å²) in [6.45, 7) is -4.55. The molecule has 4 bridgehead atoms. The largest absolute Gasteiger partial charge is 0.522 e. The van der Waals surface area contributed by atoms with Gasteiger partial charge in [-0.2, -0.15) is 21.6 Å². The van der Waals surface area contributed by atoms with E-state index in [4.69, 9.17) is 39.6 Å². The van der Waals surface area contributed by atoms with Crippen LogP contribution in [-0.2, 0) is 50.3 Å². The molecule has 22 rings (SSSR count). The number of aliphatic hydroxyl groups excluding tert-OH is 2. The van der Waals surface area contributed by atoms with Crippen molar-refractivity contribution in [3.05, 3.63) is 459 Å². The van der Waals surface area contributed by atoms with E-state index >= 15 is 0 Å². The molecule has 16 heteroatoms. The second kappa shape index (κ2) is 40.7. The number of benzene rings is 11. The quantitative estimate of drug-likeness (QED) is 0.0796. The Balaban J connectivity index is 0.000000158. The summed E-state index contributed by atoms with van der Waals surface area (Å²) in [5.74, 6) is 1.25. The number of aromatic nitrogens is 5. The summed E-state index contributed by atoms with van der Waals surface area (Å²) in [4.78, 5) is 21.7. The van der Waals surface area contributed by atoms with Crippen molar-refractivity contribution in [1.82, 2.24) is 24.9 Å². The molecule has 0 saturated heterocycles. The topological polar surface area (TPSA) is 159 Å². The summed E-state index contributed by atoms with van der Waals surface area (Å²) >= 11 is 0. The average molecular weight is 1970 g/mol. The van der Waals surface area contributed by atoms with Crippen LogP contribution in [0.5, 0.6) is 0 Å². The van der Waals surface area contributed by atoms with E-state index in [1.165, 1.54) is 126 Å². The van der Waals surface area contributed by atoms with Crippen molar-refractivity contribution in [3.8, 4) is 78.5 Å². The first kappa shape index (κ1) is 73.2. The molecule has 10 nitrogen and oxygen atoms in total. The van der Waals surface area contributed by atoms with Gasteiger partial charge in [0.15, 0.2) is 0 Å². The zero-order chi connectivity index (χ0) is 93.0. The summed E-state index contributed by atoms with van der Waals surface area (Å²) in [7, 11) is -3.84. The monoisotopic (exact) mass is 1970 g/mol. The molecule has 0 unspecified atom stereocenters. The predicted molar refractivity (Wildman–Crippen MR) is 466 cm³/mol. The normalized spacial score (nSPS) is 15.8. The SMILES string of the molecule is CO.CO.O=S(=O)(O)C(F)(F)F.[2H]C([2H])([2H])c1c[c-]c(-c2ccc(C([2H])([2H])[2H])cn2)cc1.[2H]C([2H])([2H])c1c[c-]c(-c2ccc(C)cn2)cc1.[2H]C([2H])([2H])c1ccc(-c2[c-]cc(C)cc2)nc1.[Ir].[Ir].[c-]1ccccc1-c1cc(-c2ccc3c(c2)C2c4ccccc4C3c3ccccc32)ccn1.c1ccc(-c2cc(-c3ccc4c(c3)C3c5ccccc5C4c4ccccc43)ccn2)cc1. The van der Waals surface area contributed by atoms with Crippen molar-refractivity contribution >= 4 is 10.1 Å². The molecule has 120 heavy (non-hydrogen) atoms. The van der Waals surface area contributed by atoms with Gasteiger partial charge in [0.05, 0.1) is 5.69 Å². The van der Waals surface area contributed by atoms with Crippen LogP contribution in [0.4, 0.5) is 13.2 Å². The molecule has 0 spiro atoms. The molecule has 2 radical (unpaired) electrons. The maximum Gasteiger partial charge on any atom is 0.522 e. The molecule has 11 aromatic carbocycles. The number of aliphatic hydroxyl groups is 2. The number of halogens is 3. The van der Waals surface area contributed by atoms with Crippen LogP contribution < -0.4 is 0 Å². The van der Waals surface area contributed by atoms with E-state index in [0.29, 0.717) is 40.5 Å². The van der Waals surface area contributed by atoms with E-state index in [0.717, 1.165) is 70.4 Å². The van der Waals surface area contributed by atoms with Gasteiger partial charge in [0.25, 0.3) is 0 Å². The number of hydrogen-bond donors (Lipinski definition) is 3. The molecule has 0 fully saturated rings. The first-order valence-electron chi connectivity index (χ1n) is 43.5. The molecule has 6 aliphatic carbocycles. The Kier molecular flexibility index (Phi) is 24.8. The van der Waals surface area contributed by atoms with Crippen molar-refractivity contribution in [3.63, 3.8) is 0 Å². The number of rotatable bonds is 7. The van der Waals surface area contributed by atoms with Crippen molar-refractivity contribution in [1.29, 1.82) is 0 Å². The molecular formula is C104H86F3Ir2N5O5S-4. The second-order valence-corrected chi connectivity index (χ2v) is 29.1. The molecule has 6 aliphatic rings. The van der Waals surface area contributed by atoms with E-state index in [1.54, 1.807) is 42.6 Å². The van der Waals surface area contributed by atoms with Crippen molar-refractivity contribution in [2.24, 2.45) is 0 Å². The second-order valence-electron chi connectivity index (χ2n) is 27.7. The predicted octanol–water partition coefficient (Wildman–Crippen LogP) is 23.7. The zero-order valence-corrected chi connectivity index (χ0v) is 70.8. The Morgan fingerprint density at radius 1 is 0.308 bits per heavy atom. The van der Waals surface area contributed by atoms with Crippen LogP contribution in [0.3, 0.4) is 0 Å². The summed E-state index contributed by atoms with van der Waals surface area (Å²) < 4.78 is 145. The molecule has 5 heterocycles. The van der Waals surface area contributed by atoms with Gasteiger partial charge in [-0.3, -0.25) is 9.54 Å². The van der Waals surface area contributed by atoms with Crippen LogP contribution in [0.1, 0.15) is 140 Å². The number of nitrogens with zero attached hydrogens (tertiary/aromatic N) is 5. The summed E-state index contributed by atoms with van der Waals surface area (Å²) in [6, 6.07) is 115. The number of alkyl halides is 3. The fraction of sp³-hybridized carbons (Fsp3) is 0.125. The van der Waals surface area contributed by atoms with E-state index in [9.17, 15) is 13.2 Å². The fourth-order valence-corrected chi connectivity index (χ4v) is 14.9. The van der Waals surface area contributed by atoms with Crippen LogP contribution in [0.2, 0.25) is 0 Å². The zero-order valence-electron chi connectivity index (χ0n) is 77.2. The summed E-state index contributed by atoms with van der Waals surface area (Å²) in [5, 5.41) is 14.0. The Morgan fingerprint density at radius 3 is 0.950 bits per heavy atom. The van der Waals surface area contributed by atoms with Gasteiger partial charge in [-0.1, -0.05) is 215 Å². The van der Waals surface area contributed by atoms with Crippen LogP contribution >= 0.6 is 0 Å². The van der Waals surface area contributed by atoms with Gasteiger partial charge in [0.1, 0.15) is 0 Å². The van der Waals surface area contributed by atoms with E-state index in [2.05, 4.69) is 237 Å². The molecule has 3 N–H and O–H groups in total. The van der Waals surface area contributed by atoms with Crippen LogP contribution in [-0.4, -0.2) is 67.8 Å². The molecule has 0 aliphatic heterocycles. The standard InChI is InChI=1S/C31H21N.C31H20N.3C13H12N.CHF3O3S.2CH4O.2Ir/c2*1-2-8-20(9-3-1)29-19-22(16-17-32-29)21-14-15-27-28(18-21)31-25-12-6-4-10-23(25)30(27)24-11-5-7-13-26(24)31;3*1-10-3-6-12(7-4-10)13-8-5-11(2)9-14-13;2-1(3,4)8(5,6)7;2*1-2;;/h1-19,30-31H;1-8,10-19,30-31H;3*3-6,8-9H,1-2H3;(H,5,6,7);2*2H,1H3;;/q;4*-1;;;;;/i;;1D3,2D3;2D3;1D3;;;;;. The van der Waals surface area contributed by atoms with E-state index < -0.39 is 43.0 Å². The van der Waals surface area contributed by atoms with Gasteiger partial charge in [0, 0.05) is 131 Å². The summed E-state index contributed by atoms with van der Waals surface area (Å²) in [6.07, 6.45) is 8.31.